The summed E-state index contributed by atoms with van der Waals surface area (Å²) in [7, 11) is 0. The van der Waals surface area contributed by atoms with Crippen LogP contribution in [0.2, 0.25) is 0 Å². The van der Waals surface area contributed by atoms with Crippen molar-refractivity contribution in [3.05, 3.63) is 64.5 Å². The molecule has 3 N–H and O–H groups in total. The van der Waals surface area contributed by atoms with Crippen molar-refractivity contribution in [2.75, 3.05) is 18.5 Å². The van der Waals surface area contributed by atoms with Gasteiger partial charge in [-0.2, -0.15) is 0 Å². The summed E-state index contributed by atoms with van der Waals surface area (Å²) >= 11 is 0. The second-order valence-electron chi connectivity index (χ2n) is 7.50. The zero-order valence-electron chi connectivity index (χ0n) is 15.5. The molecule has 2 aliphatic rings. The van der Waals surface area contributed by atoms with E-state index in [1.807, 2.05) is 12.1 Å². The Morgan fingerprint density at radius 2 is 2.07 bits per heavy atom. The molecule has 2 aromatic carbocycles. The Hall–Kier alpha value is -2.28. The van der Waals surface area contributed by atoms with Crippen molar-refractivity contribution < 1.29 is 24.1 Å². The molecule has 148 valence electrons. The average molecular weight is 385 g/mol. The van der Waals surface area contributed by atoms with Gasteiger partial charge in [0, 0.05) is 25.1 Å². The first kappa shape index (κ1) is 19.1. The third-order valence-corrected chi connectivity index (χ3v) is 5.52. The number of aliphatic hydroxyl groups excluding tert-OH is 2. The van der Waals surface area contributed by atoms with Crippen LogP contribution in [0, 0.1) is 5.82 Å². The summed E-state index contributed by atoms with van der Waals surface area (Å²) in [5.41, 5.74) is 4.67. The van der Waals surface area contributed by atoms with E-state index in [0.29, 0.717) is 17.5 Å². The smallest absolute Gasteiger partial charge is 0.192 e. The third kappa shape index (κ3) is 3.81. The monoisotopic (exact) mass is 385 g/mol. The summed E-state index contributed by atoms with van der Waals surface area (Å²) in [6.45, 7) is 0.497. The van der Waals surface area contributed by atoms with Crippen molar-refractivity contribution in [3.8, 4) is 0 Å². The lowest BCUT2D eigenvalue weighted by Gasteiger charge is -2.31. The van der Waals surface area contributed by atoms with Gasteiger partial charge in [-0.05, 0) is 53.3 Å². The van der Waals surface area contributed by atoms with Crippen LogP contribution in [0.25, 0.3) is 0 Å². The maximum atomic E-state index is 14.4. The van der Waals surface area contributed by atoms with Crippen LogP contribution in [0.5, 0.6) is 0 Å². The Bertz CT molecular complexity index is 885. The fraction of sp³-hybridized carbons (Fsp3) is 0.409. The van der Waals surface area contributed by atoms with Crippen LogP contribution >= 0.6 is 0 Å². The lowest BCUT2D eigenvalue weighted by Crippen LogP contribution is -2.43. The Labute approximate surface area is 163 Å². The normalized spacial score (nSPS) is 24.5. The van der Waals surface area contributed by atoms with Gasteiger partial charge >= 0.3 is 0 Å². The highest BCUT2D eigenvalue weighted by atomic mass is 19.1. The highest BCUT2D eigenvalue weighted by Crippen LogP contribution is 2.32. The van der Waals surface area contributed by atoms with Gasteiger partial charge in [-0.1, -0.05) is 18.2 Å². The molecule has 2 heterocycles. The van der Waals surface area contributed by atoms with Crippen LogP contribution in [-0.4, -0.2) is 41.4 Å². The van der Waals surface area contributed by atoms with Crippen molar-refractivity contribution in [3.63, 3.8) is 0 Å². The van der Waals surface area contributed by atoms with Crippen molar-refractivity contribution >= 4 is 11.5 Å². The number of hydrogen-bond donors (Lipinski definition) is 3. The van der Waals surface area contributed by atoms with E-state index in [1.165, 1.54) is 11.6 Å². The Kier molecular flexibility index (Phi) is 5.44. The lowest BCUT2D eigenvalue weighted by atomic mass is 9.92. The molecule has 1 saturated heterocycles. The molecular formula is C22H24FNO4. The molecule has 3 atom stereocenters. The highest BCUT2D eigenvalue weighted by molar-refractivity contribution is 5.88. The number of anilines is 1. The fourth-order valence-electron chi connectivity index (χ4n) is 3.99. The zero-order chi connectivity index (χ0) is 19.7. The van der Waals surface area contributed by atoms with Crippen LogP contribution in [0.3, 0.4) is 0 Å². The van der Waals surface area contributed by atoms with E-state index in [1.54, 1.807) is 12.1 Å². The van der Waals surface area contributed by atoms with E-state index in [-0.39, 0.29) is 12.2 Å². The topological polar surface area (TPSA) is 78.8 Å². The highest BCUT2D eigenvalue weighted by Gasteiger charge is 2.36. The lowest BCUT2D eigenvalue weighted by molar-refractivity contribution is -0.161. The van der Waals surface area contributed by atoms with Gasteiger partial charge in [0.15, 0.2) is 5.78 Å². The van der Waals surface area contributed by atoms with E-state index < -0.39 is 30.7 Å². The van der Waals surface area contributed by atoms with Gasteiger partial charge in [0.2, 0.25) is 0 Å². The van der Waals surface area contributed by atoms with E-state index >= 15 is 0 Å². The summed E-state index contributed by atoms with van der Waals surface area (Å²) in [5.74, 6) is -0.811. The maximum absolute atomic E-state index is 14.4. The second kappa shape index (κ2) is 7.99. The van der Waals surface area contributed by atoms with Gasteiger partial charge in [-0.15, -0.1) is 0 Å². The minimum atomic E-state index is -1.18. The van der Waals surface area contributed by atoms with Gasteiger partial charge in [0.25, 0.3) is 0 Å². The molecular weight excluding hydrogens is 361 g/mol. The number of hydrogen-bond acceptors (Lipinski definition) is 5. The van der Waals surface area contributed by atoms with E-state index in [0.717, 1.165) is 30.6 Å². The molecule has 0 bridgehead atoms. The number of aryl methyl sites for hydroxylation is 1. The van der Waals surface area contributed by atoms with E-state index in [4.69, 9.17) is 4.74 Å². The van der Waals surface area contributed by atoms with Crippen molar-refractivity contribution in [1.29, 1.82) is 0 Å². The van der Waals surface area contributed by atoms with Crippen LogP contribution in [0.1, 0.15) is 41.2 Å². The minimum absolute atomic E-state index is 0.102. The zero-order valence-corrected chi connectivity index (χ0v) is 15.5. The predicted octanol–water partition coefficient (Wildman–Crippen LogP) is 2.53. The van der Waals surface area contributed by atoms with E-state index in [9.17, 15) is 19.4 Å². The molecule has 0 aliphatic carbocycles. The standard InChI is InChI=1S/C22H24FNO4/c23-17-5-4-15(20-11-19(26)22(27)21(12-25)28-20)10-16(17)9-13-3-6-18-14(8-13)2-1-7-24-18/h3-6,8,10,19-21,24-26H,1-2,7,9,11-12H2/t19-,20-,21-/m1/s1. The van der Waals surface area contributed by atoms with Gasteiger partial charge in [-0.3, -0.25) is 4.79 Å². The molecule has 2 aliphatic heterocycles. The fourth-order valence-corrected chi connectivity index (χ4v) is 3.99. The molecule has 4 rings (SSSR count). The van der Waals surface area contributed by atoms with Crippen LogP contribution in [0.4, 0.5) is 10.1 Å². The summed E-state index contributed by atoms with van der Waals surface area (Å²) < 4.78 is 20.1. The number of fused-ring (bicyclic) bond motifs is 1. The average Bonchev–Trinajstić information content (AvgIpc) is 2.71. The van der Waals surface area contributed by atoms with Gasteiger partial charge in [-0.25, -0.2) is 4.39 Å². The van der Waals surface area contributed by atoms with Gasteiger partial charge < -0.3 is 20.3 Å². The molecule has 0 unspecified atom stereocenters. The SMILES string of the molecule is O=C1[C@H](O)C[C@H](c2ccc(F)c(Cc3ccc4c(c3)CCCN4)c2)O[C@@H]1CO. The maximum Gasteiger partial charge on any atom is 0.192 e. The molecule has 0 saturated carbocycles. The first-order valence-electron chi connectivity index (χ1n) is 9.67. The molecule has 1 fully saturated rings. The van der Waals surface area contributed by atoms with Crippen LogP contribution in [-0.2, 0) is 22.4 Å². The molecule has 0 spiro atoms. The minimum Gasteiger partial charge on any atom is -0.393 e. The Morgan fingerprint density at radius 1 is 1.21 bits per heavy atom. The van der Waals surface area contributed by atoms with E-state index in [2.05, 4.69) is 11.4 Å². The number of carbonyl (C=O) groups is 1. The molecule has 6 heteroatoms. The molecule has 28 heavy (non-hydrogen) atoms. The quantitative estimate of drug-likeness (QED) is 0.754. The number of benzene rings is 2. The first-order chi connectivity index (χ1) is 13.5. The Morgan fingerprint density at radius 3 is 2.89 bits per heavy atom. The summed E-state index contributed by atoms with van der Waals surface area (Å²) in [5, 5.41) is 22.6. The molecule has 0 aromatic heterocycles. The van der Waals surface area contributed by atoms with Crippen LogP contribution in [0.15, 0.2) is 36.4 Å². The number of ketones is 1. The molecule has 0 amide bonds. The first-order valence-corrected chi connectivity index (χ1v) is 9.67. The third-order valence-electron chi connectivity index (χ3n) is 5.52. The number of rotatable bonds is 4. The number of carbonyl (C=O) groups excluding carboxylic acids is 1. The largest absolute Gasteiger partial charge is 0.393 e. The number of nitrogens with one attached hydrogen (secondary N) is 1. The predicted molar refractivity (Wildman–Crippen MR) is 103 cm³/mol. The molecule has 2 aromatic rings. The number of ether oxygens (including phenoxy) is 1. The number of aliphatic hydroxyl groups is 2. The summed E-state index contributed by atoms with van der Waals surface area (Å²) in [4.78, 5) is 11.8. The molecule has 5 nitrogen and oxygen atoms in total. The van der Waals surface area contributed by atoms with Crippen molar-refractivity contribution in [2.24, 2.45) is 0 Å². The van der Waals surface area contributed by atoms with Crippen molar-refractivity contribution in [2.45, 2.75) is 44.0 Å². The van der Waals surface area contributed by atoms with Gasteiger partial charge in [0.05, 0.1) is 12.7 Å². The number of Topliss-reactive ketones (excluding diaryl/α,β-unsaturated/α-hetero) is 1. The van der Waals surface area contributed by atoms with Crippen molar-refractivity contribution in [1.82, 2.24) is 0 Å². The molecule has 0 radical (unpaired) electrons. The number of halogens is 1. The summed E-state index contributed by atoms with van der Waals surface area (Å²) in [6.07, 6.45) is -0.129. The Balaban J connectivity index is 1.57. The van der Waals surface area contributed by atoms with Gasteiger partial charge in [0.1, 0.15) is 18.0 Å². The second-order valence-corrected chi connectivity index (χ2v) is 7.50. The summed E-state index contributed by atoms with van der Waals surface area (Å²) in [6, 6.07) is 10.9. The van der Waals surface area contributed by atoms with Crippen LogP contribution < -0.4 is 5.32 Å².